The SMILES string of the molecule is OSC(F)C(F)C(F)(F)C(F)(F)C(F)(F)C(F)(F)C(F)(F)F. The van der Waals surface area contributed by atoms with Crippen LogP contribution in [0.1, 0.15) is 0 Å². The number of hydrogen-bond donors (Lipinski definition) is 1. The molecule has 1 N–H and O–H groups in total. The molecule has 0 bridgehead atoms. The fourth-order valence-corrected chi connectivity index (χ4v) is 1.25. The van der Waals surface area contributed by atoms with E-state index in [1.165, 1.54) is 0 Å². The quantitative estimate of drug-likeness (QED) is 0.519. The van der Waals surface area contributed by atoms with Gasteiger partial charge in [-0.05, 0) is 0 Å². The standard InChI is InChI=1S/C7H3F13OS/c8-1(2(9)22-21)3(10,11)4(12,13)5(14,15)6(16,17)7(18,19)20/h1-2,21H. The average Bonchev–Trinajstić information content (AvgIpc) is 2.34. The second-order valence-corrected chi connectivity index (χ2v) is 4.36. The summed E-state index contributed by atoms with van der Waals surface area (Å²) in [5.41, 5.74) is -4.02. The third-order valence-electron chi connectivity index (χ3n) is 2.24. The second-order valence-electron chi connectivity index (χ2n) is 3.70. The van der Waals surface area contributed by atoms with Gasteiger partial charge >= 0.3 is 29.9 Å². The minimum absolute atomic E-state index is 1.51. The number of hydrogen-bond acceptors (Lipinski definition) is 2. The van der Waals surface area contributed by atoms with Gasteiger partial charge < -0.3 is 4.55 Å². The normalized spacial score (nSPS) is 18.3. The number of alkyl halides is 13. The van der Waals surface area contributed by atoms with Gasteiger partial charge in [-0.1, -0.05) is 0 Å². The highest BCUT2D eigenvalue weighted by Gasteiger charge is 2.88. The van der Waals surface area contributed by atoms with Crippen molar-refractivity contribution >= 4 is 12.0 Å². The topological polar surface area (TPSA) is 20.2 Å². The molecule has 0 amide bonds. The van der Waals surface area contributed by atoms with Gasteiger partial charge in [-0.15, -0.1) is 0 Å². The van der Waals surface area contributed by atoms with E-state index in [2.05, 4.69) is 0 Å². The van der Waals surface area contributed by atoms with Crippen LogP contribution in [0, 0.1) is 0 Å². The number of halogens is 13. The summed E-state index contributed by atoms with van der Waals surface area (Å²) in [5.74, 6) is -30.1. The van der Waals surface area contributed by atoms with Gasteiger partial charge in [0.25, 0.3) is 0 Å². The van der Waals surface area contributed by atoms with E-state index >= 15 is 0 Å². The fourth-order valence-electron chi connectivity index (χ4n) is 0.976. The minimum Gasteiger partial charge on any atom is -0.328 e. The van der Waals surface area contributed by atoms with Gasteiger partial charge in [-0.25, -0.2) is 8.78 Å². The molecule has 0 saturated carbocycles. The molecule has 2 atom stereocenters. The molecule has 0 heterocycles. The fraction of sp³-hybridized carbons (Fsp3) is 1.00. The van der Waals surface area contributed by atoms with Crippen molar-refractivity contribution in [3.8, 4) is 0 Å². The summed E-state index contributed by atoms with van der Waals surface area (Å²) in [5, 5.41) is 0. The van der Waals surface area contributed by atoms with Crippen molar-refractivity contribution in [2.75, 3.05) is 0 Å². The van der Waals surface area contributed by atoms with Crippen LogP contribution in [0.15, 0.2) is 0 Å². The summed E-state index contributed by atoms with van der Waals surface area (Å²) < 4.78 is 169. The largest absolute Gasteiger partial charge is 0.460 e. The van der Waals surface area contributed by atoms with Crippen LogP contribution in [-0.4, -0.2) is 46.1 Å². The van der Waals surface area contributed by atoms with Gasteiger partial charge in [0.05, 0.1) is 0 Å². The smallest absolute Gasteiger partial charge is 0.328 e. The lowest BCUT2D eigenvalue weighted by molar-refractivity contribution is -0.427. The highest BCUT2D eigenvalue weighted by atomic mass is 32.2. The van der Waals surface area contributed by atoms with E-state index < -0.39 is 53.6 Å². The van der Waals surface area contributed by atoms with Crippen LogP contribution < -0.4 is 0 Å². The average molecular weight is 382 g/mol. The molecule has 134 valence electrons. The summed E-state index contributed by atoms with van der Waals surface area (Å²) in [4.78, 5) is 0. The van der Waals surface area contributed by atoms with E-state index in [-0.39, 0.29) is 0 Å². The Kier molecular flexibility index (Phi) is 5.64. The van der Waals surface area contributed by atoms with Crippen molar-refractivity contribution in [2.45, 2.75) is 41.5 Å². The van der Waals surface area contributed by atoms with Gasteiger partial charge in [0.2, 0.25) is 11.7 Å². The molecule has 0 rings (SSSR count). The van der Waals surface area contributed by atoms with Crippen LogP contribution in [0.5, 0.6) is 0 Å². The van der Waals surface area contributed by atoms with Gasteiger partial charge in [0.1, 0.15) is 0 Å². The van der Waals surface area contributed by atoms with Crippen molar-refractivity contribution in [1.82, 2.24) is 0 Å². The van der Waals surface area contributed by atoms with Gasteiger partial charge in [0.15, 0.2) is 0 Å². The van der Waals surface area contributed by atoms with E-state index in [4.69, 9.17) is 4.55 Å². The summed E-state index contributed by atoms with van der Waals surface area (Å²) >= 11 is -1.51. The van der Waals surface area contributed by atoms with Crippen LogP contribution in [0.4, 0.5) is 57.1 Å². The van der Waals surface area contributed by atoms with Crippen LogP contribution in [0.3, 0.4) is 0 Å². The molecule has 0 aliphatic carbocycles. The van der Waals surface area contributed by atoms with Crippen LogP contribution in [0.2, 0.25) is 0 Å². The first-order chi connectivity index (χ1) is 9.39. The maximum absolute atomic E-state index is 12.8. The molecule has 0 aromatic heterocycles. The van der Waals surface area contributed by atoms with Crippen molar-refractivity contribution in [3.63, 3.8) is 0 Å². The molecule has 0 aliphatic heterocycles. The van der Waals surface area contributed by atoms with E-state index in [0.29, 0.717) is 0 Å². The predicted molar refractivity (Wildman–Crippen MR) is 45.9 cm³/mol. The van der Waals surface area contributed by atoms with Crippen molar-refractivity contribution in [2.24, 2.45) is 0 Å². The van der Waals surface area contributed by atoms with Crippen molar-refractivity contribution < 1.29 is 61.6 Å². The Bertz CT molecular complexity index is 390. The molecule has 15 heteroatoms. The third kappa shape index (κ3) is 2.92. The van der Waals surface area contributed by atoms with Crippen LogP contribution in [0.25, 0.3) is 0 Å². The molecule has 0 radical (unpaired) electrons. The Morgan fingerprint density at radius 2 is 1.00 bits per heavy atom. The Morgan fingerprint density at radius 3 is 1.27 bits per heavy atom. The van der Waals surface area contributed by atoms with Gasteiger partial charge in [-0.2, -0.15) is 48.3 Å². The lowest BCUT2D eigenvalue weighted by Gasteiger charge is -2.38. The monoisotopic (exact) mass is 382 g/mol. The zero-order chi connectivity index (χ0) is 18.4. The summed E-state index contributed by atoms with van der Waals surface area (Å²) in [6.07, 6.45) is -12.4. The van der Waals surface area contributed by atoms with Crippen molar-refractivity contribution in [1.29, 1.82) is 0 Å². The molecule has 0 spiro atoms. The van der Waals surface area contributed by atoms with E-state index in [0.717, 1.165) is 0 Å². The Morgan fingerprint density at radius 1 is 0.636 bits per heavy atom. The van der Waals surface area contributed by atoms with E-state index in [9.17, 15) is 57.1 Å². The highest BCUT2D eigenvalue weighted by molar-refractivity contribution is 7.94. The highest BCUT2D eigenvalue weighted by Crippen LogP contribution is 2.58. The summed E-state index contributed by atoms with van der Waals surface area (Å²) in [6, 6.07) is 0. The maximum Gasteiger partial charge on any atom is 0.460 e. The summed E-state index contributed by atoms with van der Waals surface area (Å²) in [6.45, 7) is 0. The second kappa shape index (κ2) is 5.79. The van der Waals surface area contributed by atoms with Gasteiger partial charge in [0, 0.05) is 12.0 Å². The molecule has 0 fully saturated rings. The predicted octanol–water partition coefficient (Wildman–Crippen LogP) is 4.93. The Labute approximate surface area is 116 Å². The first-order valence-electron chi connectivity index (χ1n) is 4.56. The Balaban J connectivity index is 6.00. The molecule has 2 unspecified atom stereocenters. The van der Waals surface area contributed by atoms with Crippen LogP contribution in [-0.2, 0) is 0 Å². The third-order valence-corrected chi connectivity index (χ3v) is 2.68. The summed E-state index contributed by atoms with van der Waals surface area (Å²) in [7, 11) is 0. The van der Waals surface area contributed by atoms with E-state index in [1.54, 1.807) is 0 Å². The first-order valence-corrected chi connectivity index (χ1v) is 5.39. The molecule has 0 saturated heterocycles. The molecule has 1 nitrogen and oxygen atoms in total. The lowest BCUT2D eigenvalue weighted by Crippen LogP contribution is -2.68. The van der Waals surface area contributed by atoms with Crippen LogP contribution >= 0.6 is 12.0 Å². The maximum atomic E-state index is 12.8. The number of rotatable bonds is 6. The zero-order valence-corrected chi connectivity index (χ0v) is 10.2. The Hall–Kier alpha value is -0.600. The molecular weight excluding hydrogens is 379 g/mol. The van der Waals surface area contributed by atoms with Crippen molar-refractivity contribution in [3.05, 3.63) is 0 Å². The minimum atomic E-state index is -7.81. The first kappa shape index (κ1) is 21.4. The molecular formula is C7H3F13OS. The molecule has 22 heavy (non-hydrogen) atoms. The van der Waals surface area contributed by atoms with E-state index in [1.807, 2.05) is 0 Å². The molecule has 0 aromatic carbocycles. The molecule has 0 aliphatic rings. The van der Waals surface area contributed by atoms with Gasteiger partial charge in [-0.3, -0.25) is 0 Å². The zero-order valence-electron chi connectivity index (χ0n) is 9.42. The molecule has 0 aromatic rings. The lowest BCUT2D eigenvalue weighted by atomic mass is 9.95.